The number of fused-ring (bicyclic) bond motifs is 3. The lowest BCUT2D eigenvalue weighted by Gasteiger charge is -2.31. The predicted octanol–water partition coefficient (Wildman–Crippen LogP) is 2.68. The topological polar surface area (TPSA) is 66.7 Å². The molecule has 1 aliphatic heterocycles. The van der Waals surface area contributed by atoms with Crippen molar-refractivity contribution in [3.05, 3.63) is 58.2 Å². The van der Waals surface area contributed by atoms with Crippen LogP contribution in [0.2, 0.25) is 0 Å². The highest BCUT2D eigenvalue weighted by Crippen LogP contribution is 2.42. The molecule has 1 saturated heterocycles. The quantitative estimate of drug-likeness (QED) is 0.721. The van der Waals surface area contributed by atoms with Crippen molar-refractivity contribution in [2.45, 2.75) is 31.3 Å². The van der Waals surface area contributed by atoms with Crippen LogP contribution in [0.25, 0.3) is 5.65 Å². The number of nitrogens with zero attached hydrogens (tertiary/aromatic N) is 3. The molecular formula is C18H16N4O2S. The summed E-state index contributed by atoms with van der Waals surface area (Å²) in [6, 6.07) is 7.37. The molecule has 6 nitrogen and oxygen atoms in total. The van der Waals surface area contributed by atoms with Crippen molar-refractivity contribution in [3.8, 4) is 0 Å². The maximum atomic E-state index is 13.2. The lowest BCUT2D eigenvalue weighted by molar-refractivity contribution is -0.132. The summed E-state index contributed by atoms with van der Waals surface area (Å²) in [5.74, 6) is -0.158. The first-order chi connectivity index (χ1) is 12.2. The molecule has 0 saturated carbocycles. The summed E-state index contributed by atoms with van der Waals surface area (Å²) in [4.78, 5) is 32.8. The van der Waals surface area contributed by atoms with E-state index < -0.39 is 5.54 Å². The maximum absolute atomic E-state index is 13.2. The van der Waals surface area contributed by atoms with Gasteiger partial charge in [0.15, 0.2) is 0 Å². The van der Waals surface area contributed by atoms with E-state index in [1.807, 2.05) is 46.4 Å². The van der Waals surface area contributed by atoms with Gasteiger partial charge in [-0.25, -0.2) is 9.78 Å². The number of imidazole rings is 1. The SMILES string of the molecule is O=C1NC2(CCCc3sccc32)C(=O)N1Cc1cn2ccccc2n1. The van der Waals surface area contributed by atoms with E-state index in [-0.39, 0.29) is 18.5 Å². The number of carbonyl (C=O) groups excluding carboxylic acids is 2. The van der Waals surface area contributed by atoms with Crippen molar-refractivity contribution in [2.24, 2.45) is 0 Å². The van der Waals surface area contributed by atoms with Crippen molar-refractivity contribution < 1.29 is 9.59 Å². The number of imide groups is 1. The second-order valence-electron chi connectivity index (χ2n) is 6.54. The number of carbonyl (C=O) groups is 2. The number of aromatic nitrogens is 2. The third-order valence-corrected chi connectivity index (χ3v) is 6.05. The molecule has 2 aliphatic rings. The smallest absolute Gasteiger partial charge is 0.319 e. The Morgan fingerprint density at radius 3 is 3.08 bits per heavy atom. The normalized spacial score (nSPS) is 22.6. The van der Waals surface area contributed by atoms with E-state index in [1.54, 1.807) is 11.3 Å². The van der Waals surface area contributed by atoms with Gasteiger partial charge in [-0.3, -0.25) is 9.69 Å². The number of hydrogen-bond donors (Lipinski definition) is 1. The zero-order chi connectivity index (χ0) is 17.0. The third kappa shape index (κ3) is 2.05. The predicted molar refractivity (Wildman–Crippen MR) is 93.2 cm³/mol. The van der Waals surface area contributed by atoms with E-state index in [9.17, 15) is 9.59 Å². The Hall–Kier alpha value is -2.67. The molecule has 7 heteroatoms. The molecule has 0 aromatic carbocycles. The Morgan fingerprint density at radius 2 is 2.20 bits per heavy atom. The van der Waals surface area contributed by atoms with Gasteiger partial charge in [0.1, 0.15) is 11.2 Å². The van der Waals surface area contributed by atoms with Gasteiger partial charge >= 0.3 is 6.03 Å². The number of aryl methyl sites for hydroxylation is 1. The molecular weight excluding hydrogens is 336 g/mol. The number of hydrogen-bond acceptors (Lipinski definition) is 4. The number of nitrogens with one attached hydrogen (secondary N) is 1. The highest BCUT2D eigenvalue weighted by atomic mass is 32.1. The van der Waals surface area contributed by atoms with Gasteiger partial charge in [0.2, 0.25) is 0 Å². The molecule has 4 heterocycles. The zero-order valence-electron chi connectivity index (χ0n) is 13.4. The first-order valence-corrected chi connectivity index (χ1v) is 9.19. The largest absolute Gasteiger partial charge is 0.325 e. The molecule has 1 spiro atoms. The monoisotopic (exact) mass is 352 g/mol. The van der Waals surface area contributed by atoms with Crippen LogP contribution in [0, 0.1) is 0 Å². The number of amides is 3. The molecule has 3 amide bonds. The fourth-order valence-corrected chi connectivity index (χ4v) is 4.91. The minimum absolute atomic E-state index is 0.158. The van der Waals surface area contributed by atoms with Gasteiger partial charge < -0.3 is 9.72 Å². The summed E-state index contributed by atoms with van der Waals surface area (Å²) in [6.07, 6.45) is 6.30. The molecule has 0 bridgehead atoms. The van der Waals surface area contributed by atoms with E-state index in [1.165, 1.54) is 9.78 Å². The van der Waals surface area contributed by atoms with E-state index in [2.05, 4.69) is 10.3 Å². The highest BCUT2D eigenvalue weighted by molar-refractivity contribution is 7.10. The number of rotatable bonds is 2. The summed E-state index contributed by atoms with van der Waals surface area (Å²) in [5, 5.41) is 4.98. The molecule has 126 valence electrons. The number of thiophene rings is 1. The van der Waals surface area contributed by atoms with Gasteiger partial charge in [-0.05, 0) is 42.8 Å². The second kappa shape index (κ2) is 5.16. The highest BCUT2D eigenvalue weighted by Gasteiger charge is 2.54. The Bertz CT molecular complexity index is 974. The Kier molecular flexibility index (Phi) is 3.03. The molecule has 1 unspecified atom stereocenters. The fraction of sp³-hybridized carbons (Fsp3) is 0.278. The maximum Gasteiger partial charge on any atom is 0.325 e. The first kappa shape index (κ1) is 14.7. The lowest BCUT2D eigenvalue weighted by atomic mass is 9.80. The minimum Gasteiger partial charge on any atom is -0.319 e. The van der Waals surface area contributed by atoms with Crippen LogP contribution in [0.5, 0.6) is 0 Å². The molecule has 1 aliphatic carbocycles. The van der Waals surface area contributed by atoms with Gasteiger partial charge in [0, 0.05) is 22.8 Å². The van der Waals surface area contributed by atoms with E-state index >= 15 is 0 Å². The van der Waals surface area contributed by atoms with Gasteiger partial charge in [0.05, 0.1) is 12.2 Å². The Labute approximate surface area is 148 Å². The van der Waals surface area contributed by atoms with Crippen molar-refractivity contribution in [3.63, 3.8) is 0 Å². The first-order valence-electron chi connectivity index (χ1n) is 8.31. The van der Waals surface area contributed by atoms with Crippen LogP contribution < -0.4 is 5.32 Å². The molecule has 5 rings (SSSR count). The summed E-state index contributed by atoms with van der Waals surface area (Å²) >= 11 is 1.66. The van der Waals surface area contributed by atoms with Crippen LogP contribution in [-0.4, -0.2) is 26.2 Å². The average molecular weight is 352 g/mol. The van der Waals surface area contributed by atoms with Gasteiger partial charge in [0.25, 0.3) is 5.91 Å². The molecule has 3 aromatic rings. The standard InChI is InChI=1S/C18H16N4O2S/c23-16-18(7-3-4-14-13(18)6-9-25-14)20-17(24)22(16)11-12-10-21-8-2-1-5-15(21)19-12/h1-2,5-6,8-10H,3-4,7,11H2,(H,20,24). The summed E-state index contributed by atoms with van der Waals surface area (Å²) in [6.45, 7) is 0.188. The third-order valence-electron chi connectivity index (χ3n) is 5.07. The zero-order valence-corrected chi connectivity index (χ0v) is 14.3. The van der Waals surface area contributed by atoms with Gasteiger partial charge in [-0.15, -0.1) is 11.3 Å². The van der Waals surface area contributed by atoms with Crippen LogP contribution in [0.15, 0.2) is 42.0 Å². The van der Waals surface area contributed by atoms with E-state index in [0.717, 1.165) is 24.1 Å². The van der Waals surface area contributed by atoms with E-state index in [0.29, 0.717) is 12.1 Å². The van der Waals surface area contributed by atoms with Crippen LogP contribution in [-0.2, 0) is 23.3 Å². The van der Waals surface area contributed by atoms with Crippen LogP contribution in [0.1, 0.15) is 29.0 Å². The van der Waals surface area contributed by atoms with Crippen molar-refractivity contribution >= 4 is 28.9 Å². The summed E-state index contributed by atoms with van der Waals surface area (Å²) in [5.41, 5.74) is 1.59. The van der Waals surface area contributed by atoms with Gasteiger partial charge in [-0.2, -0.15) is 0 Å². The molecule has 1 fully saturated rings. The van der Waals surface area contributed by atoms with Crippen molar-refractivity contribution in [2.75, 3.05) is 0 Å². The van der Waals surface area contributed by atoms with Crippen LogP contribution >= 0.6 is 11.3 Å². The number of pyridine rings is 1. The second-order valence-corrected chi connectivity index (χ2v) is 7.54. The molecule has 1 atom stereocenters. The molecule has 0 radical (unpaired) electrons. The average Bonchev–Trinajstić information content (AvgIpc) is 3.29. The summed E-state index contributed by atoms with van der Waals surface area (Å²) in [7, 11) is 0. The lowest BCUT2D eigenvalue weighted by Crippen LogP contribution is -2.46. The summed E-state index contributed by atoms with van der Waals surface area (Å²) < 4.78 is 1.89. The van der Waals surface area contributed by atoms with Crippen molar-refractivity contribution in [1.82, 2.24) is 19.6 Å². The molecule has 1 N–H and O–H groups in total. The minimum atomic E-state index is -0.885. The Balaban J connectivity index is 1.50. The fourth-order valence-electron chi connectivity index (χ4n) is 3.91. The Morgan fingerprint density at radius 1 is 1.28 bits per heavy atom. The van der Waals surface area contributed by atoms with Gasteiger partial charge in [-0.1, -0.05) is 6.07 Å². The van der Waals surface area contributed by atoms with Crippen molar-refractivity contribution in [1.29, 1.82) is 0 Å². The molecule has 3 aromatic heterocycles. The van der Waals surface area contributed by atoms with Crippen LogP contribution in [0.4, 0.5) is 4.79 Å². The van der Waals surface area contributed by atoms with Crippen LogP contribution in [0.3, 0.4) is 0 Å². The molecule has 25 heavy (non-hydrogen) atoms. The number of urea groups is 1. The van der Waals surface area contributed by atoms with E-state index in [4.69, 9.17) is 0 Å².